The molecule has 0 bridgehead atoms. The van der Waals surface area contributed by atoms with Crippen molar-refractivity contribution in [3.63, 3.8) is 0 Å². The summed E-state index contributed by atoms with van der Waals surface area (Å²) in [5.74, 6) is 5.09. The lowest BCUT2D eigenvalue weighted by Crippen LogP contribution is -2.38. The van der Waals surface area contributed by atoms with Crippen LogP contribution in [0.3, 0.4) is 0 Å². The summed E-state index contributed by atoms with van der Waals surface area (Å²) in [4.78, 5) is 3.35. The van der Waals surface area contributed by atoms with Gasteiger partial charge in [-0.2, -0.15) is 17.5 Å². The van der Waals surface area contributed by atoms with E-state index in [4.69, 9.17) is 5.73 Å². The van der Waals surface area contributed by atoms with Gasteiger partial charge in [-0.05, 0) is 6.07 Å². The summed E-state index contributed by atoms with van der Waals surface area (Å²) in [5, 5.41) is 0. The van der Waals surface area contributed by atoms with Gasteiger partial charge in [0, 0.05) is 24.5 Å². The predicted molar refractivity (Wildman–Crippen MR) is 70.7 cm³/mol. The molecule has 0 aromatic carbocycles. The summed E-state index contributed by atoms with van der Waals surface area (Å²) in [6.45, 7) is -0.452. The maximum Gasteiger partial charge on any atom is 0.402 e. The van der Waals surface area contributed by atoms with Crippen molar-refractivity contribution in [2.75, 3.05) is 19.6 Å². The molecule has 0 aliphatic rings. The average molecular weight is 321 g/mol. The SMILES string of the molecule is CCN(CC(F)(F)F)S(=O)(=O)c1cncc(C#CCN)c1. The molecule has 0 radical (unpaired) electrons. The summed E-state index contributed by atoms with van der Waals surface area (Å²) < 4.78 is 62.0. The van der Waals surface area contributed by atoms with Crippen LogP contribution in [0.15, 0.2) is 23.4 Å². The molecule has 1 aromatic rings. The molecule has 5 nitrogen and oxygen atoms in total. The first-order valence-corrected chi connectivity index (χ1v) is 7.35. The van der Waals surface area contributed by atoms with Gasteiger partial charge in [0.2, 0.25) is 10.0 Å². The number of rotatable bonds is 4. The van der Waals surface area contributed by atoms with Gasteiger partial charge in [0.15, 0.2) is 0 Å². The van der Waals surface area contributed by atoms with Gasteiger partial charge in [0.1, 0.15) is 11.4 Å². The van der Waals surface area contributed by atoms with Gasteiger partial charge in [-0.25, -0.2) is 8.42 Å². The Labute approximate surface area is 121 Å². The van der Waals surface area contributed by atoms with E-state index in [0.717, 1.165) is 6.20 Å². The summed E-state index contributed by atoms with van der Waals surface area (Å²) in [6, 6.07) is 1.17. The molecule has 0 atom stereocenters. The van der Waals surface area contributed by atoms with Crippen molar-refractivity contribution in [3.8, 4) is 11.8 Å². The van der Waals surface area contributed by atoms with Crippen molar-refractivity contribution < 1.29 is 21.6 Å². The summed E-state index contributed by atoms with van der Waals surface area (Å²) in [6.07, 6.45) is -2.32. The van der Waals surface area contributed by atoms with E-state index in [9.17, 15) is 21.6 Å². The molecule has 116 valence electrons. The van der Waals surface area contributed by atoms with Crippen molar-refractivity contribution in [1.82, 2.24) is 9.29 Å². The molecular weight excluding hydrogens is 307 g/mol. The lowest BCUT2D eigenvalue weighted by molar-refractivity contribution is -0.135. The third-order valence-corrected chi connectivity index (χ3v) is 4.28. The highest BCUT2D eigenvalue weighted by Gasteiger charge is 2.36. The van der Waals surface area contributed by atoms with Crippen LogP contribution in [0.25, 0.3) is 0 Å². The van der Waals surface area contributed by atoms with E-state index in [-0.39, 0.29) is 23.5 Å². The van der Waals surface area contributed by atoms with Gasteiger partial charge in [0.05, 0.1) is 6.54 Å². The third-order valence-electron chi connectivity index (χ3n) is 2.39. The smallest absolute Gasteiger partial charge is 0.320 e. The second-order valence-corrected chi connectivity index (χ2v) is 5.90. The lowest BCUT2D eigenvalue weighted by atomic mass is 10.3. The lowest BCUT2D eigenvalue weighted by Gasteiger charge is -2.21. The number of aromatic nitrogens is 1. The molecule has 0 spiro atoms. The van der Waals surface area contributed by atoms with Crippen LogP contribution in [0.2, 0.25) is 0 Å². The number of pyridine rings is 1. The van der Waals surface area contributed by atoms with Crippen molar-refractivity contribution in [2.45, 2.75) is 18.0 Å². The predicted octanol–water partition coefficient (Wildman–Crippen LogP) is 0.965. The van der Waals surface area contributed by atoms with Gasteiger partial charge >= 0.3 is 6.18 Å². The van der Waals surface area contributed by atoms with Crippen LogP contribution in [0, 0.1) is 11.8 Å². The Hall–Kier alpha value is -1.63. The van der Waals surface area contributed by atoms with Crippen LogP contribution >= 0.6 is 0 Å². The second kappa shape index (κ2) is 6.89. The van der Waals surface area contributed by atoms with Gasteiger partial charge in [0.25, 0.3) is 0 Å². The number of nitrogens with two attached hydrogens (primary N) is 1. The fraction of sp³-hybridized carbons (Fsp3) is 0.417. The molecule has 1 rings (SSSR count). The highest BCUT2D eigenvalue weighted by molar-refractivity contribution is 7.89. The Balaban J connectivity index is 3.17. The first-order valence-electron chi connectivity index (χ1n) is 5.91. The van der Waals surface area contributed by atoms with Gasteiger partial charge in [-0.1, -0.05) is 18.8 Å². The highest BCUT2D eigenvalue weighted by atomic mass is 32.2. The second-order valence-electron chi connectivity index (χ2n) is 3.96. The van der Waals surface area contributed by atoms with Crippen LogP contribution in [-0.2, 0) is 10.0 Å². The van der Waals surface area contributed by atoms with Crippen molar-refractivity contribution >= 4 is 10.0 Å². The fourth-order valence-electron chi connectivity index (χ4n) is 1.50. The minimum Gasteiger partial charge on any atom is -0.320 e. The molecule has 0 aliphatic heterocycles. The van der Waals surface area contributed by atoms with E-state index in [1.54, 1.807) is 0 Å². The molecule has 2 N–H and O–H groups in total. The Morgan fingerprint density at radius 1 is 1.38 bits per heavy atom. The average Bonchev–Trinajstić information content (AvgIpc) is 2.41. The zero-order valence-electron chi connectivity index (χ0n) is 11.2. The summed E-state index contributed by atoms with van der Waals surface area (Å²) in [5.41, 5.74) is 5.46. The van der Waals surface area contributed by atoms with Crippen molar-refractivity contribution in [3.05, 3.63) is 24.0 Å². The van der Waals surface area contributed by atoms with E-state index in [1.165, 1.54) is 19.2 Å². The molecule has 0 amide bonds. The monoisotopic (exact) mass is 321 g/mol. The zero-order chi connectivity index (χ0) is 16.1. The first kappa shape index (κ1) is 17.4. The van der Waals surface area contributed by atoms with Crippen LogP contribution in [-0.4, -0.2) is 43.5 Å². The molecule has 0 fully saturated rings. The highest BCUT2D eigenvalue weighted by Crippen LogP contribution is 2.22. The van der Waals surface area contributed by atoms with E-state index in [1.807, 2.05) is 0 Å². The van der Waals surface area contributed by atoms with Crippen LogP contribution in [0.4, 0.5) is 13.2 Å². The minimum atomic E-state index is -4.62. The number of alkyl halides is 3. The van der Waals surface area contributed by atoms with Crippen LogP contribution < -0.4 is 5.73 Å². The normalized spacial score (nSPS) is 12.1. The Kier molecular flexibility index (Phi) is 5.71. The first-order chi connectivity index (χ1) is 9.70. The van der Waals surface area contributed by atoms with Crippen LogP contribution in [0.1, 0.15) is 12.5 Å². The standard InChI is InChI=1S/C12H14F3N3O2S/c1-2-18(9-12(13,14)15)21(19,20)11-6-10(4-3-5-16)7-17-8-11/h6-8H,2,5,9,16H2,1H3. The minimum absolute atomic E-state index is 0.0755. The molecule has 9 heteroatoms. The molecule has 21 heavy (non-hydrogen) atoms. The topological polar surface area (TPSA) is 76.3 Å². The number of halogens is 3. The Morgan fingerprint density at radius 2 is 2.05 bits per heavy atom. The number of nitrogens with zero attached hydrogens (tertiary/aromatic N) is 2. The van der Waals surface area contributed by atoms with Crippen LogP contribution in [0.5, 0.6) is 0 Å². The molecule has 0 unspecified atom stereocenters. The molecule has 1 heterocycles. The van der Waals surface area contributed by atoms with E-state index < -0.39 is 22.7 Å². The quantitative estimate of drug-likeness (QED) is 0.838. The zero-order valence-corrected chi connectivity index (χ0v) is 12.0. The molecule has 1 aromatic heterocycles. The molecule has 0 saturated carbocycles. The van der Waals surface area contributed by atoms with Gasteiger partial charge in [-0.15, -0.1) is 0 Å². The Morgan fingerprint density at radius 3 is 2.57 bits per heavy atom. The Bertz CT molecular complexity index is 648. The maximum absolute atomic E-state index is 12.4. The molecule has 0 saturated heterocycles. The third kappa shape index (κ3) is 5.00. The largest absolute Gasteiger partial charge is 0.402 e. The molecular formula is C12H14F3N3O2S. The fourth-order valence-corrected chi connectivity index (χ4v) is 2.92. The number of hydrogen-bond acceptors (Lipinski definition) is 4. The summed E-state index contributed by atoms with van der Waals surface area (Å²) >= 11 is 0. The van der Waals surface area contributed by atoms with Crippen molar-refractivity contribution in [1.29, 1.82) is 0 Å². The van der Waals surface area contributed by atoms with E-state index in [2.05, 4.69) is 16.8 Å². The van der Waals surface area contributed by atoms with E-state index in [0.29, 0.717) is 4.31 Å². The number of hydrogen-bond donors (Lipinski definition) is 1. The molecule has 0 aliphatic carbocycles. The summed E-state index contributed by atoms with van der Waals surface area (Å²) in [7, 11) is -4.28. The van der Waals surface area contributed by atoms with Gasteiger partial charge in [-0.3, -0.25) is 4.98 Å². The number of sulfonamides is 1. The maximum atomic E-state index is 12.4. The van der Waals surface area contributed by atoms with E-state index >= 15 is 0 Å². The van der Waals surface area contributed by atoms with Crippen molar-refractivity contribution in [2.24, 2.45) is 5.73 Å². The van der Waals surface area contributed by atoms with Gasteiger partial charge < -0.3 is 5.73 Å².